The summed E-state index contributed by atoms with van der Waals surface area (Å²) in [4.78, 5) is 20.4. The topological polar surface area (TPSA) is 48.5 Å². The Morgan fingerprint density at radius 3 is 2.77 bits per heavy atom. The Morgan fingerprint density at radius 1 is 1.27 bits per heavy atom. The third-order valence-electron chi connectivity index (χ3n) is 3.92. The van der Waals surface area contributed by atoms with Crippen molar-refractivity contribution in [2.24, 2.45) is 0 Å². The molecule has 0 aliphatic carbocycles. The number of amides is 2. The molecule has 1 saturated heterocycles. The van der Waals surface area contributed by atoms with Crippen LogP contribution in [0.3, 0.4) is 0 Å². The number of carbonyl (C=O) groups excluding carboxylic acids is 1. The summed E-state index contributed by atoms with van der Waals surface area (Å²) >= 11 is 6.04. The quantitative estimate of drug-likeness (QED) is 0.926. The standard InChI is InChI=1S/C16H19ClN4O/c1-2-18-16(22)21-9-7-20(8-10-21)15-5-6-19-14-11-12(17)3-4-13(14)15/h3-6,11H,2,7-10H2,1H3,(H,18,22). The summed E-state index contributed by atoms with van der Waals surface area (Å²) in [7, 11) is 0. The van der Waals surface area contributed by atoms with Gasteiger partial charge in [-0.1, -0.05) is 11.6 Å². The molecular formula is C16H19ClN4O. The number of rotatable bonds is 2. The maximum absolute atomic E-state index is 11.9. The zero-order valence-electron chi connectivity index (χ0n) is 12.6. The second-order valence-electron chi connectivity index (χ2n) is 5.30. The first-order valence-corrected chi connectivity index (χ1v) is 7.89. The minimum absolute atomic E-state index is 0.0218. The monoisotopic (exact) mass is 318 g/mol. The molecule has 0 bridgehead atoms. The lowest BCUT2D eigenvalue weighted by Gasteiger charge is -2.36. The molecule has 1 aromatic heterocycles. The van der Waals surface area contributed by atoms with Crippen LogP contribution in [0.2, 0.25) is 5.02 Å². The van der Waals surface area contributed by atoms with E-state index in [9.17, 15) is 4.79 Å². The van der Waals surface area contributed by atoms with Gasteiger partial charge in [0.25, 0.3) is 0 Å². The highest BCUT2D eigenvalue weighted by Gasteiger charge is 2.21. The van der Waals surface area contributed by atoms with Crippen LogP contribution in [-0.2, 0) is 0 Å². The van der Waals surface area contributed by atoms with Gasteiger partial charge in [-0.2, -0.15) is 0 Å². The lowest BCUT2D eigenvalue weighted by molar-refractivity contribution is 0.195. The van der Waals surface area contributed by atoms with E-state index in [1.807, 2.05) is 42.3 Å². The summed E-state index contributed by atoms with van der Waals surface area (Å²) in [6.07, 6.45) is 1.81. The third-order valence-corrected chi connectivity index (χ3v) is 4.15. The SMILES string of the molecule is CCNC(=O)N1CCN(c2ccnc3cc(Cl)ccc23)CC1. The van der Waals surface area contributed by atoms with E-state index in [4.69, 9.17) is 11.6 Å². The molecule has 0 unspecified atom stereocenters. The van der Waals surface area contributed by atoms with E-state index in [2.05, 4.69) is 15.2 Å². The molecule has 1 aromatic carbocycles. The number of halogens is 1. The Kier molecular flexibility index (Phi) is 4.34. The van der Waals surface area contributed by atoms with Crippen molar-refractivity contribution in [1.82, 2.24) is 15.2 Å². The van der Waals surface area contributed by atoms with Gasteiger partial charge in [0.2, 0.25) is 0 Å². The number of piperazine rings is 1. The Labute approximate surface area is 134 Å². The maximum atomic E-state index is 11.9. The number of pyridine rings is 1. The van der Waals surface area contributed by atoms with Crippen molar-refractivity contribution in [3.8, 4) is 0 Å². The van der Waals surface area contributed by atoms with Crippen LogP contribution in [-0.4, -0.2) is 48.6 Å². The highest BCUT2D eigenvalue weighted by Crippen LogP contribution is 2.28. The van der Waals surface area contributed by atoms with E-state index in [-0.39, 0.29) is 6.03 Å². The molecule has 2 aromatic rings. The van der Waals surface area contributed by atoms with Crippen LogP contribution < -0.4 is 10.2 Å². The number of carbonyl (C=O) groups is 1. The van der Waals surface area contributed by atoms with Crippen molar-refractivity contribution in [3.63, 3.8) is 0 Å². The summed E-state index contributed by atoms with van der Waals surface area (Å²) in [5.41, 5.74) is 2.05. The van der Waals surface area contributed by atoms with Gasteiger partial charge in [0.05, 0.1) is 5.52 Å². The summed E-state index contributed by atoms with van der Waals surface area (Å²) in [5.74, 6) is 0. The molecule has 0 spiro atoms. The minimum Gasteiger partial charge on any atom is -0.367 e. The molecular weight excluding hydrogens is 300 g/mol. The van der Waals surface area contributed by atoms with E-state index in [0.29, 0.717) is 11.6 Å². The average Bonchev–Trinajstić information content (AvgIpc) is 2.54. The molecule has 3 rings (SSSR count). The number of nitrogens with one attached hydrogen (secondary N) is 1. The number of benzene rings is 1. The molecule has 2 heterocycles. The molecule has 1 fully saturated rings. The fourth-order valence-electron chi connectivity index (χ4n) is 2.80. The van der Waals surface area contributed by atoms with Gasteiger partial charge in [-0.3, -0.25) is 4.98 Å². The number of anilines is 1. The molecule has 5 nitrogen and oxygen atoms in total. The fraction of sp³-hybridized carbons (Fsp3) is 0.375. The molecule has 1 aliphatic rings. The number of nitrogens with zero attached hydrogens (tertiary/aromatic N) is 3. The van der Waals surface area contributed by atoms with Crippen LogP contribution in [0.15, 0.2) is 30.5 Å². The molecule has 6 heteroatoms. The Morgan fingerprint density at radius 2 is 2.05 bits per heavy atom. The molecule has 22 heavy (non-hydrogen) atoms. The Balaban J connectivity index is 1.78. The van der Waals surface area contributed by atoms with Crippen molar-refractivity contribution >= 4 is 34.2 Å². The maximum Gasteiger partial charge on any atom is 0.317 e. The lowest BCUT2D eigenvalue weighted by atomic mass is 10.1. The first-order valence-electron chi connectivity index (χ1n) is 7.51. The van der Waals surface area contributed by atoms with Crippen molar-refractivity contribution in [2.75, 3.05) is 37.6 Å². The van der Waals surface area contributed by atoms with Gasteiger partial charge in [-0.15, -0.1) is 0 Å². The Bertz CT molecular complexity index is 683. The van der Waals surface area contributed by atoms with Gasteiger partial charge >= 0.3 is 6.03 Å². The number of fused-ring (bicyclic) bond motifs is 1. The number of aromatic nitrogens is 1. The predicted octanol–water partition coefficient (Wildman–Crippen LogP) is 2.74. The summed E-state index contributed by atoms with van der Waals surface area (Å²) in [5, 5.41) is 4.64. The average molecular weight is 319 g/mol. The van der Waals surface area contributed by atoms with E-state index in [0.717, 1.165) is 42.8 Å². The van der Waals surface area contributed by atoms with Gasteiger partial charge in [-0.25, -0.2) is 4.79 Å². The second-order valence-corrected chi connectivity index (χ2v) is 5.74. The molecule has 1 N–H and O–H groups in total. The highest BCUT2D eigenvalue weighted by molar-refractivity contribution is 6.31. The highest BCUT2D eigenvalue weighted by atomic mass is 35.5. The fourth-order valence-corrected chi connectivity index (χ4v) is 2.96. The molecule has 0 saturated carbocycles. The summed E-state index contributed by atoms with van der Waals surface area (Å²) in [6, 6.07) is 7.83. The second kappa shape index (κ2) is 6.40. The molecule has 0 radical (unpaired) electrons. The lowest BCUT2D eigenvalue weighted by Crippen LogP contribution is -2.51. The molecule has 116 valence electrons. The first kappa shape index (κ1) is 14.9. The largest absolute Gasteiger partial charge is 0.367 e. The number of urea groups is 1. The molecule has 0 atom stereocenters. The van der Waals surface area contributed by atoms with Crippen LogP contribution in [0.25, 0.3) is 10.9 Å². The van der Waals surface area contributed by atoms with Gasteiger partial charge in [0.15, 0.2) is 0 Å². The van der Waals surface area contributed by atoms with Crippen molar-refractivity contribution < 1.29 is 4.79 Å². The number of hydrogen-bond acceptors (Lipinski definition) is 3. The van der Waals surface area contributed by atoms with Gasteiger partial charge in [0, 0.05) is 55.0 Å². The van der Waals surface area contributed by atoms with Crippen molar-refractivity contribution in [1.29, 1.82) is 0 Å². The van der Waals surface area contributed by atoms with E-state index in [1.54, 1.807) is 0 Å². The van der Waals surface area contributed by atoms with Crippen molar-refractivity contribution in [3.05, 3.63) is 35.5 Å². The van der Waals surface area contributed by atoms with E-state index in [1.165, 1.54) is 0 Å². The van der Waals surface area contributed by atoms with Crippen LogP contribution in [0.1, 0.15) is 6.92 Å². The summed E-state index contributed by atoms with van der Waals surface area (Å²) < 4.78 is 0. The molecule has 1 aliphatic heterocycles. The zero-order valence-corrected chi connectivity index (χ0v) is 13.3. The van der Waals surface area contributed by atoms with Crippen molar-refractivity contribution in [2.45, 2.75) is 6.92 Å². The Hall–Kier alpha value is -2.01. The van der Waals surface area contributed by atoms with Crippen LogP contribution in [0, 0.1) is 0 Å². The third kappa shape index (κ3) is 2.95. The van der Waals surface area contributed by atoms with Crippen LogP contribution in [0.5, 0.6) is 0 Å². The van der Waals surface area contributed by atoms with Gasteiger partial charge in [-0.05, 0) is 31.2 Å². The predicted molar refractivity (Wildman–Crippen MR) is 89.6 cm³/mol. The number of hydrogen-bond donors (Lipinski definition) is 1. The normalized spacial score (nSPS) is 15.2. The summed E-state index contributed by atoms with van der Waals surface area (Å²) in [6.45, 7) is 5.68. The van der Waals surface area contributed by atoms with Crippen LogP contribution >= 0.6 is 11.6 Å². The molecule has 2 amide bonds. The van der Waals surface area contributed by atoms with Crippen LogP contribution in [0.4, 0.5) is 10.5 Å². The minimum atomic E-state index is 0.0218. The van der Waals surface area contributed by atoms with Gasteiger partial charge < -0.3 is 15.1 Å². The van der Waals surface area contributed by atoms with Gasteiger partial charge in [0.1, 0.15) is 0 Å². The van der Waals surface area contributed by atoms with E-state index < -0.39 is 0 Å². The smallest absolute Gasteiger partial charge is 0.317 e. The zero-order chi connectivity index (χ0) is 15.5. The van der Waals surface area contributed by atoms with E-state index >= 15 is 0 Å². The first-order chi connectivity index (χ1) is 10.7.